The van der Waals surface area contributed by atoms with E-state index in [1.54, 1.807) is 11.3 Å². The quantitative estimate of drug-likeness (QED) is 0.183. The highest BCUT2D eigenvalue weighted by Crippen LogP contribution is 2.28. The Morgan fingerprint density at radius 2 is 1.81 bits per heavy atom. The molecule has 0 aliphatic rings. The number of aromatic nitrogens is 1. The van der Waals surface area contributed by atoms with Gasteiger partial charge in [-0.15, -0.1) is 11.3 Å². The van der Waals surface area contributed by atoms with Crippen LogP contribution in [-0.2, 0) is 6.42 Å². The summed E-state index contributed by atoms with van der Waals surface area (Å²) in [4.78, 5) is 6.86. The molecule has 1 heterocycles. The Bertz CT molecular complexity index is 1280. The number of aryl methyl sites for hydroxylation is 1. The van der Waals surface area contributed by atoms with Crippen LogP contribution in [-0.4, -0.2) is 25.2 Å². The molecule has 0 bridgehead atoms. The fourth-order valence-electron chi connectivity index (χ4n) is 3.68. The molecule has 0 saturated heterocycles. The van der Waals surface area contributed by atoms with Gasteiger partial charge in [0.15, 0.2) is 5.13 Å². The molecule has 4 aromatic rings. The third-order valence-electron chi connectivity index (χ3n) is 5.75. The molecular weight excluding hydrogens is 509 g/mol. The lowest BCUT2D eigenvalue weighted by Crippen LogP contribution is -2.20. The number of nitrogens with one attached hydrogen (secondary N) is 1. The average molecular weight is 539 g/mol. The van der Waals surface area contributed by atoms with E-state index in [9.17, 15) is 0 Å². The molecule has 0 saturated carbocycles. The summed E-state index contributed by atoms with van der Waals surface area (Å²) >= 11 is 13.7. The molecule has 3 aromatic carbocycles. The number of anilines is 2. The summed E-state index contributed by atoms with van der Waals surface area (Å²) in [7, 11) is 2.03. The molecule has 0 aliphatic heterocycles. The maximum Gasteiger partial charge on any atom is 0.187 e. The van der Waals surface area contributed by atoms with Gasteiger partial charge >= 0.3 is 0 Å². The van der Waals surface area contributed by atoms with Crippen LogP contribution in [0.4, 0.5) is 10.8 Å². The third-order valence-corrected chi connectivity index (χ3v) is 7.24. The van der Waals surface area contributed by atoms with Crippen LogP contribution in [0.3, 0.4) is 0 Å². The van der Waals surface area contributed by atoms with Crippen LogP contribution >= 0.6 is 34.5 Å². The van der Waals surface area contributed by atoms with Gasteiger partial charge in [-0.25, -0.2) is 4.98 Å². The predicted molar refractivity (Wildman–Crippen MR) is 155 cm³/mol. The maximum absolute atomic E-state index is 6.12. The molecule has 0 atom stereocenters. The fourth-order valence-corrected chi connectivity index (χ4v) is 4.74. The Morgan fingerprint density at radius 1 is 1.03 bits per heavy atom. The van der Waals surface area contributed by atoms with E-state index in [4.69, 9.17) is 32.9 Å². The van der Waals surface area contributed by atoms with Crippen LogP contribution in [0.1, 0.15) is 18.4 Å². The van der Waals surface area contributed by atoms with Crippen molar-refractivity contribution in [1.82, 2.24) is 4.98 Å². The Kier molecular flexibility index (Phi) is 9.29. The number of hydrogen-bond acceptors (Lipinski definition) is 5. The highest BCUT2D eigenvalue weighted by atomic mass is 35.5. The summed E-state index contributed by atoms with van der Waals surface area (Å²) in [6, 6.07) is 24.2. The molecule has 36 heavy (non-hydrogen) atoms. The number of rotatable bonds is 12. The van der Waals surface area contributed by atoms with Crippen molar-refractivity contribution in [2.45, 2.75) is 19.3 Å². The zero-order valence-corrected chi connectivity index (χ0v) is 22.5. The lowest BCUT2D eigenvalue weighted by atomic mass is 10.1. The number of thiazole rings is 1. The van der Waals surface area contributed by atoms with Crippen molar-refractivity contribution in [3.63, 3.8) is 0 Å². The summed E-state index contributed by atoms with van der Waals surface area (Å²) in [5, 5.41) is 7.39. The van der Waals surface area contributed by atoms with E-state index >= 15 is 0 Å². The van der Waals surface area contributed by atoms with Crippen molar-refractivity contribution >= 4 is 45.4 Å². The van der Waals surface area contributed by atoms with E-state index in [2.05, 4.69) is 46.4 Å². The molecule has 0 spiro atoms. The van der Waals surface area contributed by atoms with Crippen LogP contribution in [0.15, 0.2) is 90.5 Å². The zero-order valence-electron chi connectivity index (χ0n) is 20.2. The second-order valence-corrected chi connectivity index (χ2v) is 10.2. The van der Waals surface area contributed by atoms with Crippen molar-refractivity contribution in [3.05, 3.63) is 106 Å². The van der Waals surface area contributed by atoms with Crippen molar-refractivity contribution in [3.8, 4) is 17.0 Å². The Balaban J connectivity index is 1.21. The number of hydrogen-bond donors (Lipinski definition) is 1. The molecule has 0 radical (unpaired) electrons. The molecule has 0 amide bonds. The highest BCUT2D eigenvalue weighted by Gasteiger charge is 2.07. The SMILES string of the molecule is C=C(CCc1ccccc1)Nc1nc(-c2ccc(OCCCN(C)c3ccc(Cl)c(Cl)c3)cc2)cs1. The molecular formula is C29H29Cl2N3OS. The van der Waals surface area contributed by atoms with Crippen molar-refractivity contribution in [2.24, 2.45) is 0 Å². The van der Waals surface area contributed by atoms with Gasteiger partial charge in [-0.3, -0.25) is 0 Å². The lowest BCUT2D eigenvalue weighted by Gasteiger charge is -2.19. The van der Waals surface area contributed by atoms with E-state index < -0.39 is 0 Å². The summed E-state index contributed by atoms with van der Waals surface area (Å²) in [5.41, 5.74) is 5.30. The molecule has 186 valence electrons. The third kappa shape index (κ3) is 7.50. The average Bonchev–Trinajstić information content (AvgIpc) is 3.36. The second-order valence-electron chi connectivity index (χ2n) is 8.50. The van der Waals surface area contributed by atoms with E-state index in [1.807, 2.05) is 55.6 Å². The van der Waals surface area contributed by atoms with Gasteiger partial charge in [0.1, 0.15) is 5.75 Å². The highest BCUT2D eigenvalue weighted by molar-refractivity contribution is 7.14. The molecule has 1 N–H and O–H groups in total. The summed E-state index contributed by atoms with van der Waals surface area (Å²) < 4.78 is 5.93. The molecule has 4 rings (SSSR count). The molecule has 0 aliphatic carbocycles. The van der Waals surface area contributed by atoms with Crippen molar-refractivity contribution in [2.75, 3.05) is 30.4 Å². The van der Waals surface area contributed by atoms with Crippen LogP contribution in [0.25, 0.3) is 11.3 Å². The first-order valence-corrected chi connectivity index (χ1v) is 13.4. The normalized spacial score (nSPS) is 10.8. The van der Waals surface area contributed by atoms with E-state index in [0.717, 1.165) is 59.3 Å². The van der Waals surface area contributed by atoms with Gasteiger partial charge in [-0.2, -0.15) is 0 Å². The first kappa shape index (κ1) is 26.1. The molecule has 0 unspecified atom stereocenters. The number of ether oxygens (including phenoxy) is 1. The fraction of sp³-hybridized carbons (Fsp3) is 0.207. The van der Waals surface area contributed by atoms with Gasteiger partial charge in [0.25, 0.3) is 0 Å². The summed E-state index contributed by atoms with van der Waals surface area (Å²) in [6.07, 6.45) is 2.71. The van der Waals surface area contributed by atoms with Gasteiger partial charge in [0.2, 0.25) is 0 Å². The first-order chi connectivity index (χ1) is 17.5. The topological polar surface area (TPSA) is 37.4 Å². The number of allylic oxidation sites excluding steroid dienone is 1. The van der Waals surface area contributed by atoms with Crippen molar-refractivity contribution < 1.29 is 4.74 Å². The number of halogens is 2. The van der Waals surface area contributed by atoms with Crippen LogP contribution in [0, 0.1) is 0 Å². The lowest BCUT2D eigenvalue weighted by molar-refractivity contribution is 0.312. The first-order valence-electron chi connectivity index (χ1n) is 11.8. The van der Waals surface area contributed by atoms with Gasteiger partial charge in [-0.1, -0.05) is 60.1 Å². The standard InChI is InChI=1S/C29H29Cl2N3OS/c1-21(9-10-22-7-4-3-5-8-22)32-29-33-28(20-36-29)23-11-14-25(15-12-23)35-18-6-17-34(2)24-13-16-26(30)27(31)19-24/h3-5,7-8,11-16,19-20H,1,6,9-10,17-18H2,2H3,(H,32,33). The largest absolute Gasteiger partial charge is 0.494 e. The molecule has 7 heteroatoms. The zero-order chi connectivity index (χ0) is 25.3. The second kappa shape index (κ2) is 12.8. The molecule has 1 aromatic heterocycles. The van der Waals surface area contributed by atoms with E-state index in [-0.39, 0.29) is 0 Å². The minimum atomic E-state index is 0.563. The molecule has 4 nitrogen and oxygen atoms in total. The predicted octanol–water partition coefficient (Wildman–Crippen LogP) is 8.58. The minimum absolute atomic E-state index is 0.563. The van der Waals surface area contributed by atoms with E-state index in [0.29, 0.717) is 16.7 Å². The van der Waals surface area contributed by atoms with Crippen LogP contribution in [0.5, 0.6) is 5.75 Å². The number of benzene rings is 3. The van der Waals surface area contributed by atoms with Crippen LogP contribution in [0.2, 0.25) is 10.0 Å². The van der Waals surface area contributed by atoms with Crippen LogP contribution < -0.4 is 15.0 Å². The number of nitrogens with zero attached hydrogens (tertiary/aromatic N) is 2. The summed E-state index contributed by atoms with van der Waals surface area (Å²) in [5.74, 6) is 0.846. The van der Waals surface area contributed by atoms with Gasteiger partial charge in [0, 0.05) is 35.9 Å². The summed E-state index contributed by atoms with van der Waals surface area (Å²) in [6.45, 7) is 5.63. The Morgan fingerprint density at radius 3 is 2.56 bits per heavy atom. The van der Waals surface area contributed by atoms with Crippen molar-refractivity contribution in [1.29, 1.82) is 0 Å². The monoisotopic (exact) mass is 537 g/mol. The molecule has 0 fully saturated rings. The van der Waals surface area contributed by atoms with E-state index in [1.165, 1.54) is 5.56 Å². The Labute approximate surface area is 227 Å². The maximum atomic E-state index is 6.12. The van der Waals surface area contributed by atoms with Gasteiger partial charge < -0.3 is 15.0 Å². The minimum Gasteiger partial charge on any atom is -0.494 e. The van der Waals surface area contributed by atoms with Gasteiger partial charge in [-0.05, 0) is 67.3 Å². The Hall–Kier alpha value is -2.99. The van der Waals surface area contributed by atoms with Gasteiger partial charge in [0.05, 0.1) is 22.3 Å². The smallest absolute Gasteiger partial charge is 0.187 e.